The highest BCUT2D eigenvalue weighted by molar-refractivity contribution is 5.71. The van der Waals surface area contributed by atoms with E-state index in [1.807, 2.05) is 0 Å². The molecule has 74 heavy (non-hydrogen) atoms. The molecule has 0 rings (SSSR count). The molecule has 432 valence electrons. The van der Waals surface area contributed by atoms with Crippen LogP contribution in [0.1, 0.15) is 348 Å². The van der Waals surface area contributed by atoms with Crippen LogP contribution in [0.2, 0.25) is 0 Å². The summed E-state index contributed by atoms with van der Waals surface area (Å²) in [6, 6.07) is 0. The first kappa shape index (κ1) is 71.4. The Morgan fingerprint density at radius 2 is 0.527 bits per heavy atom. The lowest BCUT2D eigenvalue weighted by molar-refractivity contribution is -0.167. The number of carbonyl (C=O) groups excluding carboxylic acids is 3. The van der Waals surface area contributed by atoms with Gasteiger partial charge in [0.25, 0.3) is 0 Å². The number of esters is 3. The highest BCUT2D eigenvalue weighted by Crippen LogP contribution is 2.18. The molecule has 0 saturated carbocycles. The zero-order chi connectivity index (χ0) is 53.6. The molecule has 6 heteroatoms. The summed E-state index contributed by atoms with van der Waals surface area (Å²) in [6.45, 7) is 6.55. The first-order chi connectivity index (χ1) is 36.5. The Bertz CT molecular complexity index is 1280. The van der Waals surface area contributed by atoms with Crippen LogP contribution >= 0.6 is 0 Å². The average molecular weight is 1040 g/mol. The van der Waals surface area contributed by atoms with Crippen LogP contribution in [-0.2, 0) is 28.6 Å². The van der Waals surface area contributed by atoms with Crippen molar-refractivity contribution >= 4 is 17.9 Å². The molecule has 0 aliphatic rings. The van der Waals surface area contributed by atoms with Crippen LogP contribution in [0.15, 0.2) is 48.6 Å². The average Bonchev–Trinajstić information content (AvgIpc) is 3.40. The van der Waals surface area contributed by atoms with Crippen LogP contribution in [-0.4, -0.2) is 37.2 Å². The maximum absolute atomic E-state index is 12.9. The fraction of sp³-hybridized carbons (Fsp3) is 0.838. The largest absolute Gasteiger partial charge is 0.462 e. The topological polar surface area (TPSA) is 78.9 Å². The van der Waals surface area contributed by atoms with E-state index in [0.717, 1.165) is 89.9 Å². The maximum Gasteiger partial charge on any atom is 0.306 e. The molecule has 0 fully saturated rings. The van der Waals surface area contributed by atoms with E-state index in [1.54, 1.807) is 0 Å². The number of carbonyl (C=O) groups is 3. The van der Waals surface area contributed by atoms with Gasteiger partial charge in [-0.2, -0.15) is 0 Å². The Labute approximate surface area is 460 Å². The molecule has 0 aliphatic carbocycles. The number of hydrogen-bond donors (Lipinski definition) is 0. The predicted molar refractivity (Wildman–Crippen MR) is 321 cm³/mol. The molecule has 0 radical (unpaired) electrons. The molecule has 0 aromatic carbocycles. The van der Waals surface area contributed by atoms with E-state index in [2.05, 4.69) is 69.4 Å². The molecule has 0 aliphatic heterocycles. The highest BCUT2D eigenvalue weighted by atomic mass is 16.6. The van der Waals surface area contributed by atoms with E-state index < -0.39 is 6.10 Å². The van der Waals surface area contributed by atoms with Crippen molar-refractivity contribution in [2.75, 3.05) is 13.2 Å². The van der Waals surface area contributed by atoms with Gasteiger partial charge in [-0.1, -0.05) is 320 Å². The Morgan fingerprint density at radius 1 is 0.284 bits per heavy atom. The predicted octanol–water partition coefficient (Wildman–Crippen LogP) is 22.2. The lowest BCUT2D eigenvalue weighted by Gasteiger charge is -2.18. The minimum Gasteiger partial charge on any atom is -0.462 e. The summed E-state index contributed by atoms with van der Waals surface area (Å²) in [7, 11) is 0. The lowest BCUT2D eigenvalue weighted by atomic mass is 10.0. The van der Waals surface area contributed by atoms with Gasteiger partial charge in [0.05, 0.1) is 0 Å². The standard InChI is InChI=1S/C68H124O6/c1-4-7-10-13-16-19-21-23-25-27-29-31-32-33-34-35-36-38-39-41-43-45-47-49-52-55-58-61-67(70)73-64-65(63-72-66(69)60-57-54-51-18-15-12-9-6-3)74-68(71)62-59-56-53-50-48-46-44-42-40-37-30-28-26-24-22-20-17-14-11-8-5-2/h8,11,17,20,24,26,30,37,65H,4-7,9-10,12-16,18-19,21-23,25,27-29,31-36,38-64H2,1-3H3/b11-8-,20-17-,26-24-,37-30-. The van der Waals surface area contributed by atoms with E-state index in [0.29, 0.717) is 19.3 Å². The summed E-state index contributed by atoms with van der Waals surface area (Å²) in [5.74, 6) is -0.865. The fourth-order valence-corrected chi connectivity index (χ4v) is 9.73. The second-order valence-electron chi connectivity index (χ2n) is 22.0. The highest BCUT2D eigenvalue weighted by Gasteiger charge is 2.19. The molecule has 0 bridgehead atoms. The summed E-state index contributed by atoms with van der Waals surface area (Å²) in [6.07, 6.45) is 78.6. The van der Waals surface area contributed by atoms with Crippen molar-refractivity contribution in [3.05, 3.63) is 48.6 Å². The van der Waals surface area contributed by atoms with Crippen molar-refractivity contribution in [2.24, 2.45) is 0 Å². The van der Waals surface area contributed by atoms with Crippen LogP contribution in [0.5, 0.6) is 0 Å². The van der Waals surface area contributed by atoms with Crippen LogP contribution in [0.4, 0.5) is 0 Å². The molecule has 0 amide bonds. The number of allylic oxidation sites excluding steroid dienone is 8. The van der Waals surface area contributed by atoms with Gasteiger partial charge in [-0.05, 0) is 57.8 Å². The van der Waals surface area contributed by atoms with Crippen molar-refractivity contribution in [1.29, 1.82) is 0 Å². The second kappa shape index (κ2) is 62.9. The third kappa shape index (κ3) is 60.2. The van der Waals surface area contributed by atoms with Gasteiger partial charge in [-0.3, -0.25) is 14.4 Å². The molecule has 0 heterocycles. The van der Waals surface area contributed by atoms with Gasteiger partial charge >= 0.3 is 17.9 Å². The van der Waals surface area contributed by atoms with Gasteiger partial charge in [0.2, 0.25) is 0 Å². The summed E-state index contributed by atoms with van der Waals surface area (Å²) in [4.78, 5) is 38.1. The number of hydrogen-bond acceptors (Lipinski definition) is 6. The molecule has 0 saturated heterocycles. The molecular formula is C68H124O6. The molecule has 1 unspecified atom stereocenters. The molecule has 6 nitrogen and oxygen atoms in total. The zero-order valence-electron chi connectivity index (χ0n) is 49.6. The quantitative estimate of drug-likeness (QED) is 0.0261. The molecule has 0 N–H and O–H groups in total. The van der Waals surface area contributed by atoms with Gasteiger partial charge in [0.1, 0.15) is 13.2 Å². The van der Waals surface area contributed by atoms with Crippen LogP contribution in [0, 0.1) is 0 Å². The number of unbranched alkanes of at least 4 members (excludes halogenated alkanes) is 41. The number of rotatable bonds is 60. The van der Waals surface area contributed by atoms with Gasteiger partial charge in [-0.25, -0.2) is 0 Å². The minimum absolute atomic E-state index is 0.0720. The monoisotopic (exact) mass is 1040 g/mol. The molecular weight excluding hydrogens is 913 g/mol. The maximum atomic E-state index is 12.9. The van der Waals surface area contributed by atoms with Crippen molar-refractivity contribution in [1.82, 2.24) is 0 Å². The fourth-order valence-electron chi connectivity index (χ4n) is 9.73. The van der Waals surface area contributed by atoms with E-state index in [-0.39, 0.29) is 31.1 Å². The lowest BCUT2D eigenvalue weighted by Crippen LogP contribution is -2.30. The van der Waals surface area contributed by atoms with E-state index >= 15 is 0 Å². The smallest absolute Gasteiger partial charge is 0.306 e. The summed E-state index contributed by atoms with van der Waals surface area (Å²) < 4.78 is 16.9. The van der Waals surface area contributed by atoms with Crippen molar-refractivity contribution in [3.8, 4) is 0 Å². The molecule has 0 aromatic heterocycles. The SMILES string of the molecule is CC/C=C\C/C=C\C/C=C\C/C=C\CCCCCCCCCCC(=O)OC(COC(=O)CCCCCCCCCC)COC(=O)CCCCCCCCCCCCCCCCCCCCCCCCCCCCC. The Balaban J connectivity index is 4.11. The Kier molecular flexibility index (Phi) is 60.7. The molecule has 1 atom stereocenters. The first-order valence-corrected chi connectivity index (χ1v) is 32.6. The van der Waals surface area contributed by atoms with Crippen LogP contribution in [0.3, 0.4) is 0 Å². The van der Waals surface area contributed by atoms with Crippen LogP contribution in [0.25, 0.3) is 0 Å². The third-order valence-corrected chi connectivity index (χ3v) is 14.6. The second-order valence-corrected chi connectivity index (χ2v) is 22.0. The van der Waals surface area contributed by atoms with Crippen molar-refractivity contribution in [2.45, 2.75) is 354 Å². The van der Waals surface area contributed by atoms with Crippen molar-refractivity contribution < 1.29 is 28.6 Å². The summed E-state index contributed by atoms with van der Waals surface area (Å²) >= 11 is 0. The van der Waals surface area contributed by atoms with Crippen LogP contribution < -0.4 is 0 Å². The van der Waals surface area contributed by atoms with E-state index in [1.165, 1.54) is 218 Å². The number of ether oxygens (including phenoxy) is 3. The van der Waals surface area contributed by atoms with E-state index in [4.69, 9.17) is 14.2 Å². The zero-order valence-corrected chi connectivity index (χ0v) is 49.6. The Morgan fingerprint density at radius 3 is 0.824 bits per heavy atom. The normalized spacial score (nSPS) is 12.3. The molecule has 0 aromatic rings. The summed E-state index contributed by atoms with van der Waals surface area (Å²) in [5.41, 5.74) is 0. The third-order valence-electron chi connectivity index (χ3n) is 14.6. The van der Waals surface area contributed by atoms with Gasteiger partial charge < -0.3 is 14.2 Å². The van der Waals surface area contributed by atoms with Gasteiger partial charge in [-0.15, -0.1) is 0 Å². The van der Waals surface area contributed by atoms with Crippen molar-refractivity contribution in [3.63, 3.8) is 0 Å². The molecule has 0 spiro atoms. The van der Waals surface area contributed by atoms with E-state index in [9.17, 15) is 14.4 Å². The summed E-state index contributed by atoms with van der Waals surface area (Å²) in [5, 5.41) is 0. The van der Waals surface area contributed by atoms with Gasteiger partial charge in [0, 0.05) is 19.3 Å². The minimum atomic E-state index is -0.774. The van der Waals surface area contributed by atoms with Gasteiger partial charge in [0.15, 0.2) is 6.10 Å². The Hall–Kier alpha value is -2.63. The first-order valence-electron chi connectivity index (χ1n) is 32.6.